The fourth-order valence-corrected chi connectivity index (χ4v) is 4.59. The Bertz CT molecular complexity index is 1250. The zero-order valence-corrected chi connectivity index (χ0v) is 20.1. The second-order valence-corrected chi connectivity index (χ2v) is 9.80. The maximum Gasteiger partial charge on any atom is 0.341 e. The quantitative estimate of drug-likeness (QED) is 0.474. The smallest absolute Gasteiger partial charge is 0.341 e. The number of rotatable bonds is 7. The first-order valence-corrected chi connectivity index (χ1v) is 11.5. The molecule has 0 fully saturated rings. The molecule has 6 nitrogen and oxygen atoms in total. The number of carbonyl (C=O) groups is 1. The van der Waals surface area contributed by atoms with Crippen LogP contribution < -0.4 is 10.2 Å². The molecule has 6 heteroatoms. The zero-order valence-electron chi connectivity index (χ0n) is 20.1. The summed E-state index contributed by atoms with van der Waals surface area (Å²) < 4.78 is 13.3. The van der Waals surface area contributed by atoms with E-state index in [-0.39, 0.29) is 17.0 Å². The van der Waals surface area contributed by atoms with Gasteiger partial charge in [0.2, 0.25) is 0 Å². The topological polar surface area (TPSA) is 77.8 Å². The summed E-state index contributed by atoms with van der Waals surface area (Å²) in [5, 5.41) is 9.56. The van der Waals surface area contributed by atoms with E-state index in [4.69, 9.17) is 9.47 Å². The first-order valence-electron chi connectivity index (χ1n) is 11.5. The summed E-state index contributed by atoms with van der Waals surface area (Å²) >= 11 is 0. The molecule has 2 aromatic carbocycles. The first kappa shape index (κ1) is 23.8. The number of carboxylic acid groups (broad SMARTS) is 1. The van der Waals surface area contributed by atoms with E-state index in [1.807, 2.05) is 34.9 Å². The summed E-state index contributed by atoms with van der Waals surface area (Å²) in [5.41, 5.74) is 3.85. The van der Waals surface area contributed by atoms with Gasteiger partial charge in [-0.15, -0.1) is 0 Å². The van der Waals surface area contributed by atoms with Gasteiger partial charge in [0.1, 0.15) is 11.3 Å². The van der Waals surface area contributed by atoms with Crippen LogP contribution in [0.15, 0.2) is 59.5 Å². The monoisotopic (exact) mass is 461 g/mol. The van der Waals surface area contributed by atoms with Gasteiger partial charge in [-0.3, -0.25) is 4.79 Å². The van der Waals surface area contributed by atoms with Crippen LogP contribution in [0.1, 0.15) is 49.2 Å². The SMILES string of the molecule is COCCCOc1cc2c(cc1-c1ccccc1)-c1cc(=O)c(C(=O)O)cn1[C@H](C(C)(C)C)C2. The van der Waals surface area contributed by atoms with E-state index in [9.17, 15) is 14.7 Å². The molecule has 1 aromatic heterocycles. The van der Waals surface area contributed by atoms with Crippen LogP contribution in [-0.2, 0) is 11.2 Å². The molecule has 1 atom stereocenters. The van der Waals surface area contributed by atoms with Gasteiger partial charge in [0.25, 0.3) is 0 Å². The number of benzene rings is 2. The Labute approximate surface area is 199 Å². The predicted octanol–water partition coefficient (Wildman–Crippen LogP) is 5.44. The Morgan fingerprint density at radius 3 is 2.47 bits per heavy atom. The Balaban J connectivity index is 1.92. The van der Waals surface area contributed by atoms with E-state index < -0.39 is 11.4 Å². The van der Waals surface area contributed by atoms with Crippen molar-refractivity contribution in [1.82, 2.24) is 4.57 Å². The molecule has 0 amide bonds. The second kappa shape index (κ2) is 9.47. The highest BCUT2D eigenvalue weighted by Gasteiger charge is 2.34. The van der Waals surface area contributed by atoms with E-state index in [1.165, 1.54) is 12.3 Å². The van der Waals surface area contributed by atoms with Crippen LogP contribution >= 0.6 is 0 Å². The molecule has 0 radical (unpaired) electrons. The Kier molecular flexibility index (Phi) is 6.62. The molecule has 0 saturated carbocycles. The number of hydrogen-bond donors (Lipinski definition) is 1. The summed E-state index contributed by atoms with van der Waals surface area (Å²) in [6, 6.07) is 15.6. The van der Waals surface area contributed by atoms with Crippen LogP contribution in [0.4, 0.5) is 0 Å². The number of carboxylic acids is 1. The van der Waals surface area contributed by atoms with E-state index in [1.54, 1.807) is 7.11 Å². The van der Waals surface area contributed by atoms with Gasteiger partial charge in [0.15, 0.2) is 5.43 Å². The number of aromatic nitrogens is 1. The maximum absolute atomic E-state index is 12.7. The lowest BCUT2D eigenvalue weighted by atomic mass is 9.78. The fourth-order valence-electron chi connectivity index (χ4n) is 4.59. The van der Waals surface area contributed by atoms with Gasteiger partial charge >= 0.3 is 5.97 Å². The van der Waals surface area contributed by atoms with Gasteiger partial charge in [-0.05, 0) is 35.1 Å². The highest BCUT2D eigenvalue weighted by atomic mass is 16.5. The van der Waals surface area contributed by atoms with Crippen molar-refractivity contribution >= 4 is 5.97 Å². The molecule has 1 aliphatic heterocycles. The van der Waals surface area contributed by atoms with E-state index >= 15 is 0 Å². The number of fused-ring (bicyclic) bond motifs is 3. The average molecular weight is 462 g/mol. The molecule has 34 heavy (non-hydrogen) atoms. The van der Waals surface area contributed by atoms with Crippen LogP contribution in [0.25, 0.3) is 22.4 Å². The molecule has 3 aromatic rings. The lowest BCUT2D eigenvalue weighted by molar-refractivity contribution is 0.0693. The highest BCUT2D eigenvalue weighted by Crippen LogP contribution is 2.45. The standard InChI is InChI=1S/C28H31NO5/c1-28(2,3)26-14-19-13-25(34-12-8-11-33-4)21(18-9-6-5-7-10-18)15-20(19)23-16-24(30)22(27(31)32)17-29(23)26/h5-7,9-10,13,15-17,26H,8,11-12,14H2,1-4H3,(H,31,32)/t26-/m0/s1. The lowest BCUT2D eigenvalue weighted by Crippen LogP contribution is -2.32. The molecular weight excluding hydrogens is 430 g/mol. The number of nitrogens with zero attached hydrogens (tertiary/aromatic N) is 1. The number of hydrogen-bond acceptors (Lipinski definition) is 4. The first-order chi connectivity index (χ1) is 16.2. The van der Waals surface area contributed by atoms with Crippen molar-refractivity contribution in [2.45, 2.75) is 39.7 Å². The van der Waals surface area contributed by atoms with Gasteiger partial charge in [-0.1, -0.05) is 51.1 Å². The molecular formula is C28H31NO5. The van der Waals surface area contributed by atoms with E-state index in [2.05, 4.69) is 32.9 Å². The fraction of sp³-hybridized carbons (Fsp3) is 0.357. The summed E-state index contributed by atoms with van der Waals surface area (Å²) in [4.78, 5) is 24.4. The Morgan fingerprint density at radius 2 is 1.82 bits per heavy atom. The van der Waals surface area contributed by atoms with Gasteiger partial charge in [0, 0.05) is 49.6 Å². The van der Waals surface area contributed by atoms with Crippen molar-refractivity contribution in [3.05, 3.63) is 76.1 Å². The van der Waals surface area contributed by atoms with Gasteiger partial charge in [-0.2, -0.15) is 0 Å². The van der Waals surface area contributed by atoms with E-state index in [0.717, 1.165) is 40.1 Å². The Morgan fingerprint density at radius 1 is 1.09 bits per heavy atom. The van der Waals surface area contributed by atoms with E-state index in [0.29, 0.717) is 19.6 Å². The largest absolute Gasteiger partial charge is 0.493 e. The molecule has 0 aliphatic carbocycles. The van der Waals surface area contributed by atoms with Crippen molar-refractivity contribution in [3.8, 4) is 28.1 Å². The minimum absolute atomic E-state index is 0.0161. The summed E-state index contributed by atoms with van der Waals surface area (Å²) in [6.45, 7) is 7.55. The molecule has 1 aliphatic rings. The number of ether oxygens (including phenoxy) is 2. The maximum atomic E-state index is 12.7. The molecule has 0 spiro atoms. The van der Waals surface area contributed by atoms with Crippen LogP contribution in [0.5, 0.6) is 5.75 Å². The van der Waals surface area contributed by atoms with Crippen molar-refractivity contribution in [2.24, 2.45) is 5.41 Å². The minimum atomic E-state index is -1.21. The average Bonchev–Trinajstić information content (AvgIpc) is 2.80. The third kappa shape index (κ3) is 4.64. The van der Waals surface area contributed by atoms with Gasteiger partial charge < -0.3 is 19.1 Å². The van der Waals surface area contributed by atoms with Crippen LogP contribution in [0, 0.1) is 5.41 Å². The third-order valence-electron chi connectivity index (χ3n) is 6.38. The number of pyridine rings is 1. The number of methoxy groups -OCH3 is 1. The molecule has 2 heterocycles. The van der Waals surface area contributed by atoms with Crippen molar-refractivity contribution in [3.63, 3.8) is 0 Å². The lowest BCUT2D eigenvalue weighted by Gasteiger charge is -2.39. The minimum Gasteiger partial charge on any atom is -0.493 e. The molecule has 1 N–H and O–H groups in total. The van der Waals surface area contributed by atoms with Gasteiger partial charge in [0.05, 0.1) is 12.3 Å². The molecule has 4 rings (SSSR count). The molecule has 0 unspecified atom stereocenters. The highest BCUT2D eigenvalue weighted by molar-refractivity contribution is 5.88. The second-order valence-electron chi connectivity index (χ2n) is 9.80. The van der Waals surface area contributed by atoms with Crippen molar-refractivity contribution in [2.75, 3.05) is 20.3 Å². The summed E-state index contributed by atoms with van der Waals surface area (Å²) in [6.07, 6.45) is 3.00. The van der Waals surface area contributed by atoms with Crippen LogP contribution in [0.2, 0.25) is 0 Å². The summed E-state index contributed by atoms with van der Waals surface area (Å²) in [5.74, 6) is -0.407. The third-order valence-corrected chi connectivity index (χ3v) is 6.38. The number of aromatic carboxylic acids is 1. The van der Waals surface area contributed by atoms with Crippen LogP contribution in [0.3, 0.4) is 0 Å². The zero-order chi connectivity index (χ0) is 24.5. The normalized spacial score (nSPS) is 14.9. The van der Waals surface area contributed by atoms with Crippen molar-refractivity contribution < 1.29 is 19.4 Å². The van der Waals surface area contributed by atoms with Crippen molar-refractivity contribution in [1.29, 1.82) is 0 Å². The van der Waals surface area contributed by atoms with Gasteiger partial charge in [-0.25, -0.2) is 4.79 Å². The molecule has 0 saturated heterocycles. The van der Waals surface area contributed by atoms with Crippen LogP contribution in [-0.4, -0.2) is 36.0 Å². The Hall–Kier alpha value is -3.38. The summed E-state index contributed by atoms with van der Waals surface area (Å²) in [7, 11) is 1.68. The predicted molar refractivity (Wildman–Crippen MR) is 133 cm³/mol. The molecule has 178 valence electrons. The molecule has 0 bridgehead atoms.